The van der Waals surface area contributed by atoms with Gasteiger partial charge in [0, 0.05) is 16.7 Å². The number of nitrogens with two attached hydrogens (primary N) is 1. The molecule has 1 aromatic carbocycles. The van der Waals surface area contributed by atoms with Gasteiger partial charge in [0.05, 0.1) is 9.82 Å². The highest BCUT2D eigenvalue weighted by Gasteiger charge is 2.19. The molecule has 0 amide bonds. The molecule has 3 N–H and O–H groups in total. The molecule has 2 rings (SSSR count). The summed E-state index contributed by atoms with van der Waals surface area (Å²) in [6.45, 7) is 0. The molecule has 0 bridgehead atoms. The Morgan fingerprint density at radius 3 is 2.52 bits per heavy atom. The summed E-state index contributed by atoms with van der Waals surface area (Å²) in [5.41, 5.74) is 4.90. The highest BCUT2D eigenvalue weighted by atomic mass is 79.9. The van der Waals surface area contributed by atoms with E-state index in [4.69, 9.17) is 5.73 Å². The number of nitrogens with one attached hydrogen (secondary N) is 1. The van der Waals surface area contributed by atoms with Gasteiger partial charge in [-0.25, -0.2) is 13.4 Å². The zero-order valence-electron chi connectivity index (χ0n) is 10.4. The Morgan fingerprint density at radius 1 is 1.29 bits per heavy atom. The highest BCUT2D eigenvalue weighted by Crippen LogP contribution is 2.25. The molecule has 0 atom stereocenters. The number of benzene rings is 1. The number of rotatable bonds is 4. The number of pyridine rings is 1. The fourth-order valence-corrected chi connectivity index (χ4v) is 2.78. The summed E-state index contributed by atoms with van der Waals surface area (Å²) in [4.78, 5) is 13.7. The minimum absolute atomic E-state index is 0.120. The van der Waals surface area contributed by atoms with E-state index in [1.165, 1.54) is 12.3 Å². The molecule has 1 heterocycles. The van der Waals surface area contributed by atoms with Gasteiger partial charge in [-0.05, 0) is 40.2 Å². The fraction of sp³-hybridized carbons (Fsp3) is 0. The molecule has 0 radical (unpaired) electrons. The largest absolute Gasteiger partial charge is 0.393 e. The van der Waals surface area contributed by atoms with Gasteiger partial charge in [-0.15, -0.1) is 0 Å². The Balaban J connectivity index is 2.33. The molecule has 2 aromatic rings. The fourth-order valence-electron chi connectivity index (χ4n) is 1.50. The normalized spacial score (nSPS) is 11.1. The van der Waals surface area contributed by atoms with Crippen molar-refractivity contribution in [2.24, 2.45) is 0 Å². The van der Waals surface area contributed by atoms with Gasteiger partial charge in [-0.1, -0.05) is 0 Å². The third-order valence-electron chi connectivity index (χ3n) is 2.47. The van der Waals surface area contributed by atoms with Crippen LogP contribution >= 0.6 is 15.9 Å². The zero-order chi connectivity index (χ0) is 15.6. The van der Waals surface area contributed by atoms with E-state index in [9.17, 15) is 18.5 Å². The minimum Gasteiger partial charge on any atom is -0.393 e. The second-order valence-electron chi connectivity index (χ2n) is 3.94. The Bertz CT molecular complexity index is 792. The number of anilines is 2. The quantitative estimate of drug-likeness (QED) is 0.480. The van der Waals surface area contributed by atoms with Crippen molar-refractivity contribution >= 4 is 43.1 Å². The van der Waals surface area contributed by atoms with Crippen LogP contribution in [0.4, 0.5) is 17.2 Å². The van der Waals surface area contributed by atoms with Gasteiger partial charge in [0.25, 0.3) is 15.7 Å². The molecule has 0 spiro atoms. The van der Waals surface area contributed by atoms with Gasteiger partial charge in [0.2, 0.25) is 0 Å². The third kappa shape index (κ3) is 3.47. The molecule has 0 aliphatic heterocycles. The number of nitrogen functional groups attached to an aromatic ring is 1. The number of hydrogen-bond acceptors (Lipinski definition) is 6. The summed E-state index contributed by atoms with van der Waals surface area (Å²) < 4.78 is 27.2. The van der Waals surface area contributed by atoms with E-state index < -0.39 is 14.9 Å². The summed E-state index contributed by atoms with van der Waals surface area (Å²) in [6, 6.07) is 6.26. The van der Waals surface area contributed by atoms with Crippen molar-refractivity contribution in [3.05, 3.63) is 51.1 Å². The molecule has 0 saturated carbocycles. The highest BCUT2D eigenvalue weighted by molar-refractivity contribution is 9.10. The van der Waals surface area contributed by atoms with Crippen LogP contribution in [0, 0.1) is 10.1 Å². The SMILES string of the molecule is Nc1cc(S(=O)(=O)Nc2ccc(Br)cn2)ccc1[N+](=O)[O-]. The topological polar surface area (TPSA) is 128 Å². The molecule has 21 heavy (non-hydrogen) atoms. The first-order chi connectivity index (χ1) is 9.79. The van der Waals surface area contributed by atoms with Crippen LogP contribution in [0.1, 0.15) is 0 Å². The molecule has 0 aliphatic rings. The van der Waals surface area contributed by atoms with Crippen molar-refractivity contribution in [3.8, 4) is 0 Å². The molecule has 0 saturated heterocycles. The second-order valence-corrected chi connectivity index (χ2v) is 6.54. The predicted molar refractivity (Wildman–Crippen MR) is 80.3 cm³/mol. The van der Waals surface area contributed by atoms with E-state index >= 15 is 0 Å². The summed E-state index contributed by atoms with van der Waals surface area (Å²) >= 11 is 3.18. The average molecular weight is 373 g/mol. The number of aromatic nitrogens is 1. The molecule has 110 valence electrons. The number of nitro benzene ring substituents is 1. The number of nitrogens with zero attached hydrogens (tertiary/aromatic N) is 2. The summed E-state index contributed by atoms with van der Waals surface area (Å²) in [5.74, 6) is 0.120. The summed E-state index contributed by atoms with van der Waals surface area (Å²) in [6.07, 6.45) is 1.43. The van der Waals surface area contributed by atoms with Crippen LogP contribution < -0.4 is 10.5 Å². The Labute approximate surface area is 128 Å². The van der Waals surface area contributed by atoms with E-state index in [1.54, 1.807) is 6.07 Å². The van der Waals surface area contributed by atoms with Gasteiger partial charge in [0.1, 0.15) is 11.5 Å². The standard InChI is InChI=1S/C11H9BrN4O4S/c12-7-1-4-11(14-6-7)15-21(19,20)8-2-3-10(16(17)18)9(13)5-8/h1-6H,13H2,(H,14,15). The first-order valence-corrected chi connectivity index (χ1v) is 7.75. The molecule has 8 nitrogen and oxygen atoms in total. The summed E-state index contributed by atoms with van der Waals surface area (Å²) in [7, 11) is -3.92. The van der Waals surface area contributed by atoms with Crippen LogP contribution in [0.2, 0.25) is 0 Å². The molecular formula is C11H9BrN4O4S. The van der Waals surface area contributed by atoms with Crippen LogP contribution in [-0.2, 0) is 10.0 Å². The first kappa shape index (κ1) is 15.2. The lowest BCUT2D eigenvalue weighted by atomic mass is 10.3. The smallest absolute Gasteiger partial charge is 0.292 e. The number of hydrogen-bond donors (Lipinski definition) is 2. The maximum atomic E-state index is 12.1. The molecule has 0 aliphatic carbocycles. The molecule has 1 aromatic heterocycles. The van der Waals surface area contributed by atoms with Crippen molar-refractivity contribution in [1.82, 2.24) is 4.98 Å². The van der Waals surface area contributed by atoms with Crippen molar-refractivity contribution < 1.29 is 13.3 Å². The Kier molecular flexibility index (Phi) is 4.09. The van der Waals surface area contributed by atoms with Crippen LogP contribution in [0.5, 0.6) is 0 Å². The second kappa shape index (κ2) is 5.66. The van der Waals surface area contributed by atoms with Gasteiger partial charge in [-0.3, -0.25) is 14.8 Å². The van der Waals surface area contributed by atoms with Crippen LogP contribution in [0.25, 0.3) is 0 Å². The first-order valence-electron chi connectivity index (χ1n) is 5.48. The number of halogens is 1. The third-order valence-corrected chi connectivity index (χ3v) is 4.29. The molecule has 10 heteroatoms. The van der Waals surface area contributed by atoms with E-state index in [2.05, 4.69) is 25.6 Å². The van der Waals surface area contributed by atoms with Crippen molar-refractivity contribution in [2.45, 2.75) is 4.90 Å². The van der Waals surface area contributed by atoms with Crippen LogP contribution in [0.15, 0.2) is 45.9 Å². The molecule has 0 unspecified atom stereocenters. The van der Waals surface area contributed by atoms with Crippen LogP contribution in [-0.4, -0.2) is 18.3 Å². The Morgan fingerprint density at radius 2 is 2.00 bits per heavy atom. The number of nitro groups is 1. The van der Waals surface area contributed by atoms with E-state index in [0.29, 0.717) is 4.47 Å². The van der Waals surface area contributed by atoms with Crippen molar-refractivity contribution in [3.63, 3.8) is 0 Å². The minimum atomic E-state index is -3.92. The Hall–Kier alpha value is -2.20. The lowest BCUT2D eigenvalue weighted by Crippen LogP contribution is -2.14. The lowest BCUT2D eigenvalue weighted by Gasteiger charge is -2.08. The van der Waals surface area contributed by atoms with Gasteiger partial charge < -0.3 is 5.73 Å². The van der Waals surface area contributed by atoms with Crippen molar-refractivity contribution in [2.75, 3.05) is 10.5 Å². The lowest BCUT2D eigenvalue weighted by molar-refractivity contribution is -0.383. The average Bonchev–Trinajstić information content (AvgIpc) is 2.40. The maximum Gasteiger partial charge on any atom is 0.292 e. The van der Waals surface area contributed by atoms with E-state index in [1.807, 2.05) is 0 Å². The van der Waals surface area contributed by atoms with E-state index in [-0.39, 0.29) is 22.1 Å². The predicted octanol–water partition coefficient (Wildman–Crippen LogP) is 2.14. The zero-order valence-corrected chi connectivity index (χ0v) is 12.8. The van der Waals surface area contributed by atoms with E-state index in [0.717, 1.165) is 18.2 Å². The van der Waals surface area contributed by atoms with Gasteiger partial charge in [-0.2, -0.15) is 0 Å². The van der Waals surface area contributed by atoms with Crippen LogP contribution in [0.3, 0.4) is 0 Å². The summed E-state index contributed by atoms with van der Waals surface area (Å²) in [5, 5.41) is 10.7. The monoisotopic (exact) mass is 372 g/mol. The number of sulfonamides is 1. The molecule has 0 fully saturated rings. The molecular weight excluding hydrogens is 364 g/mol. The maximum absolute atomic E-state index is 12.1. The van der Waals surface area contributed by atoms with Gasteiger partial charge in [0.15, 0.2) is 0 Å². The van der Waals surface area contributed by atoms with Gasteiger partial charge >= 0.3 is 0 Å². The van der Waals surface area contributed by atoms with Crippen molar-refractivity contribution in [1.29, 1.82) is 0 Å².